The van der Waals surface area contributed by atoms with Gasteiger partial charge >= 0.3 is 5.97 Å². The Labute approximate surface area is 132 Å². The number of likely N-dealkylation sites (N-methyl/N-ethyl adjacent to an activating group) is 1. The van der Waals surface area contributed by atoms with E-state index in [0.29, 0.717) is 11.9 Å². The van der Waals surface area contributed by atoms with Gasteiger partial charge in [-0.15, -0.1) is 0 Å². The van der Waals surface area contributed by atoms with Crippen LogP contribution in [0.15, 0.2) is 30.3 Å². The molecule has 3 nitrogen and oxygen atoms in total. The summed E-state index contributed by atoms with van der Waals surface area (Å²) in [5.41, 5.74) is 0.216. The molecule has 118 valence electrons. The van der Waals surface area contributed by atoms with Crippen LogP contribution >= 0.6 is 11.8 Å². The van der Waals surface area contributed by atoms with Gasteiger partial charge in [-0.3, -0.25) is 0 Å². The lowest BCUT2D eigenvalue weighted by molar-refractivity contribution is -0.151. The molecule has 0 bridgehead atoms. The summed E-state index contributed by atoms with van der Waals surface area (Å²) >= 11 is 1.90. The highest BCUT2D eigenvalue weighted by Gasteiger charge is 2.39. The summed E-state index contributed by atoms with van der Waals surface area (Å²) in [7, 11) is 1.83. The van der Waals surface area contributed by atoms with Crippen LogP contribution in [0.2, 0.25) is 0 Å². The van der Waals surface area contributed by atoms with E-state index in [9.17, 15) is 4.79 Å². The van der Waals surface area contributed by atoms with Crippen LogP contribution in [-0.2, 0) is 15.1 Å². The SMILES string of the molecule is CCOC(=O)C(CCSC(C)CC)(NC)c1ccccc1. The largest absolute Gasteiger partial charge is 0.464 e. The zero-order valence-corrected chi connectivity index (χ0v) is 14.3. The highest BCUT2D eigenvalue weighted by atomic mass is 32.2. The molecule has 0 aliphatic rings. The van der Waals surface area contributed by atoms with Crippen molar-refractivity contribution in [3.63, 3.8) is 0 Å². The zero-order valence-electron chi connectivity index (χ0n) is 13.5. The Morgan fingerprint density at radius 2 is 2.00 bits per heavy atom. The number of hydrogen-bond acceptors (Lipinski definition) is 4. The van der Waals surface area contributed by atoms with E-state index in [4.69, 9.17) is 4.74 Å². The van der Waals surface area contributed by atoms with Gasteiger partial charge in [-0.1, -0.05) is 44.2 Å². The topological polar surface area (TPSA) is 38.3 Å². The van der Waals surface area contributed by atoms with Crippen molar-refractivity contribution in [1.29, 1.82) is 0 Å². The van der Waals surface area contributed by atoms with Crippen molar-refractivity contribution >= 4 is 17.7 Å². The molecule has 0 fully saturated rings. The molecule has 0 aliphatic heterocycles. The van der Waals surface area contributed by atoms with E-state index in [-0.39, 0.29) is 5.97 Å². The first-order chi connectivity index (χ1) is 10.1. The molecule has 0 radical (unpaired) electrons. The van der Waals surface area contributed by atoms with E-state index in [1.54, 1.807) is 0 Å². The van der Waals surface area contributed by atoms with Crippen molar-refractivity contribution in [2.24, 2.45) is 0 Å². The van der Waals surface area contributed by atoms with Gasteiger partial charge in [-0.05, 0) is 38.1 Å². The summed E-state index contributed by atoms with van der Waals surface area (Å²) in [6, 6.07) is 9.86. The summed E-state index contributed by atoms with van der Waals surface area (Å²) in [5.74, 6) is 0.729. The fourth-order valence-corrected chi connectivity index (χ4v) is 3.31. The Morgan fingerprint density at radius 1 is 1.33 bits per heavy atom. The molecule has 2 atom stereocenters. The van der Waals surface area contributed by atoms with Crippen molar-refractivity contribution in [2.75, 3.05) is 19.4 Å². The third kappa shape index (κ3) is 4.75. The van der Waals surface area contributed by atoms with E-state index in [1.165, 1.54) is 0 Å². The van der Waals surface area contributed by atoms with Gasteiger partial charge in [-0.25, -0.2) is 4.79 Å². The van der Waals surface area contributed by atoms with E-state index in [2.05, 4.69) is 19.2 Å². The fourth-order valence-electron chi connectivity index (χ4n) is 2.24. The predicted molar refractivity (Wildman–Crippen MR) is 90.6 cm³/mol. The van der Waals surface area contributed by atoms with Gasteiger partial charge in [0.15, 0.2) is 0 Å². The maximum Gasteiger partial charge on any atom is 0.331 e. The number of nitrogens with one attached hydrogen (secondary N) is 1. The van der Waals surface area contributed by atoms with Crippen LogP contribution < -0.4 is 5.32 Å². The van der Waals surface area contributed by atoms with Gasteiger partial charge in [0.2, 0.25) is 0 Å². The summed E-state index contributed by atoms with van der Waals surface area (Å²) in [6.45, 7) is 6.65. The highest BCUT2D eigenvalue weighted by Crippen LogP contribution is 2.29. The monoisotopic (exact) mass is 309 g/mol. The Morgan fingerprint density at radius 3 is 2.52 bits per heavy atom. The molecule has 0 amide bonds. The maximum absolute atomic E-state index is 12.5. The molecule has 2 unspecified atom stereocenters. The van der Waals surface area contributed by atoms with Crippen LogP contribution in [0.25, 0.3) is 0 Å². The normalized spacial score (nSPS) is 15.2. The molecule has 0 aromatic heterocycles. The average Bonchev–Trinajstić information content (AvgIpc) is 2.52. The molecule has 1 aromatic carbocycles. The number of benzene rings is 1. The number of esters is 1. The van der Waals surface area contributed by atoms with Crippen molar-refractivity contribution in [3.8, 4) is 0 Å². The number of rotatable bonds is 9. The second-order valence-electron chi connectivity index (χ2n) is 5.08. The van der Waals surface area contributed by atoms with Gasteiger partial charge in [0.1, 0.15) is 5.54 Å². The van der Waals surface area contributed by atoms with Crippen LogP contribution in [0.3, 0.4) is 0 Å². The Hall–Kier alpha value is -1.00. The molecule has 0 heterocycles. The number of thioether (sulfide) groups is 1. The molecule has 4 heteroatoms. The van der Waals surface area contributed by atoms with E-state index in [0.717, 1.165) is 24.2 Å². The lowest BCUT2D eigenvalue weighted by Gasteiger charge is -2.32. The first kappa shape index (κ1) is 18.1. The molecule has 1 N–H and O–H groups in total. The summed E-state index contributed by atoms with van der Waals surface area (Å²) in [5, 5.41) is 3.83. The minimum atomic E-state index is -0.752. The van der Waals surface area contributed by atoms with Gasteiger partial charge in [-0.2, -0.15) is 11.8 Å². The molecule has 0 aliphatic carbocycles. The standard InChI is InChI=1S/C17H27NO2S/c1-5-14(3)21-13-12-17(18-4,16(19)20-6-2)15-10-8-7-9-11-15/h7-11,14,18H,5-6,12-13H2,1-4H3. The second-order valence-corrected chi connectivity index (χ2v) is 6.63. The van der Waals surface area contributed by atoms with Crippen LogP contribution in [0.5, 0.6) is 0 Å². The van der Waals surface area contributed by atoms with Gasteiger partial charge < -0.3 is 10.1 Å². The minimum absolute atomic E-state index is 0.191. The van der Waals surface area contributed by atoms with E-state index >= 15 is 0 Å². The molecule has 0 saturated heterocycles. The highest BCUT2D eigenvalue weighted by molar-refractivity contribution is 7.99. The first-order valence-corrected chi connectivity index (χ1v) is 8.68. The van der Waals surface area contributed by atoms with Crippen molar-refractivity contribution in [3.05, 3.63) is 35.9 Å². The summed E-state index contributed by atoms with van der Waals surface area (Å²) in [4.78, 5) is 12.5. The molecule has 21 heavy (non-hydrogen) atoms. The van der Waals surface area contributed by atoms with Gasteiger partial charge in [0.05, 0.1) is 6.61 Å². The quantitative estimate of drug-likeness (QED) is 0.708. The molecular weight excluding hydrogens is 282 g/mol. The first-order valence-electron chi connectivity index (χ1n) is 7.64. The van der Waals surface area contributed by atoms with Crippen molar-refractivity contribution in [1.82, 2.24) is 5.32 Å². The number of carbonyl (C=O) groups is 1. The summed E-state index contributed by atoms with van der Waals surface area (Å²) < 4.78 is 5.33. The molecule has 0 spiro atoms. The Balaban J connectivity index is 2.95. The van der Waals surface area contributed by atoms with Gasteiger partial charge in [0.25, 0.3) is 0 Å². The van der Waals surface area contributed by atoms with Gasteiger partial charge in [0, 0.05) is 5.25 Å². The number of hydrogen-bond donors (Lipinski definition) is 1. The Kier molecular flexibility index (Phi) is 7.83. The second kappa shape index (κ2) is 9.11. The van der Waals surface area contributed by atoms with E-state index < -0.39 is 5.54 Å². The smallest absolute Gasteiger partial charge is 0.331 e. The lowest BCUT2D eigenvalue weighted by atomic mass is 9.87. The van der Waals surface area contributed by atoms with Crippen LogP contribution in [-0.4, -0.2) is 30.6 Å². The molecule has 1 aromatic rings. The Bertz CT molecular complexity index is 424. The van der Waals surface area contributed by atoms with E-state index in [1.807, 2.05) is 56.1 Å². The van der Waals surface area contributed by atoms with Crippen LogP contribution in [0.4, 0.5) is 0 Å². The van der Waals surface area contributed by atoms with Crippen molar-refractivity contribution in [2.45, 2.75) is 44.4 Å². The number of carbonyl (C=O) groups excluding carboxylic acids is 1. The third-order valence-corrected chi connectivity index (χ3v) is 5.11. The lowest BCUT2D eigenvalue weighted by Crippen LogP contribution is -2.49. The van der Waals surface area contributed by atoms with Crippen LogP contribution in [0, 0.1) is 0 Å². The average molecular weight is 309 g/mol. The summed E-state index contributed by atoms with van der Waals surface area (Å²) in [6.07, 6.45) is 1.86. The zero-order chi connectivity index (χ0) is 15.7. The molecular formula is C17H27NO2S. The molecule has 1 rings (SSSR count). The number of ether oxygens (including phenoxy) is 1. The maximum atomic E-state index is 12.5. The fraction of sp³-hybridized carbons (Fsp3) is 0.588. The predicted octanol–water partition coefficient (Wildman–Crippen LogP) is 3.59. The van der Waals surface area contributed by atoms with Crippen molar-refractivity contribution < 1.29 is 9.53 Å². The third-order valence-electron chi connectivity index (χ3n) is 3.77. The van der Waals surface area contributed by atoms with Crippen LogP contribution in [0.1, 0.15) is 39.2 Å². The minimum Gasteiger partial charge on any atom is -0.464 e. The molecule has 0 saturated carbocycles.